The summed E-state index contributed by atoms with van der Waals surface area (Å²) in [4.78, 5) is 27.0. The monoisotopic (exact) mass is 513 g/mol. The Bertz CT molecular complexity index is 1200. The number of halogens is 2. The van der Waals surface area contributed by atoms with E-state index in [1.165, 1.54) is 0 Å². The van der Waals surface area contributed by atoms with E-state index >= 15 is 0 Å². The van der Waals surface area contributed by atoms with Crippen molar-refractivity contribution >= 4 is 46.4 Å². The molecule has 1 fully saturated rings. The van der Waals surface area contributed by atoms with Gasteiger partial charge in [0.25, 0.3) is 0 Å². The highest BCUT2D eigenvalue weighted by atomic mass is 35.5. The molecule has 0 aliphatic carbocycles. The van der Waals surface area contributed by atoms with Crippen LogP contribution in [0.4, 0.5) is 11.4 Å². The Labute approximate surface area is 213 Å². The Kier molecular flexibility index (Phi) is 8.00. The molecule has 9 heteroatoms. The molecule has 0 spiro atoms. The zero-order chi connectivity index (χ0) is 24.8. The molecule has 35 heavy (non-hydrogen) atoms. The number of para-hydroxylation sites is 2. The summed E-state index contributed by atoms with van der Waals surface area (Å²) in [6.07, 6.45) is 0.133. The molecule has 0 radical (unpaired) electrons. The highest BCUT2D eigenvalue weighted by Gasteiger charge is 2.35. The quantitative estimate of drug-likeness (QED) is 0.371. The van der Waals surface area contributed by atoms with Gasteiger partial charge in [0.15, 0.2) is 0 Å². The van der Waals surface area contributed by atoms with Gasteiger partial charge >= 0.3 is 0 Å². The van der Waals surface area contributed by atoms with Crippen LogP contribution in [-0.2, 0) is 16.2 Å². The summed E-state index contributed by atoms with van der Waals surface area (Å²) in [6, 6.07) is 19.7. The van der Waals surface area contributed by atoms with Gasteiger partial charge in [-0.1, -0.05) is 41.4 Å². The van der Waals surface area contributed by atoms with Crippen LogP contribution in [0.25, 0.3) is 0 Å². The fraction of sp³-hybridized carbons (Fsp3) is 0.231. The van der Waals surface area contributed by atoms with Gasteiger partial charge in [-0.25, -0.2) is 0 Å². The highest BCUT2D eigenvalue weighted by molar-refractivity contribution is 6.35. The van der Waals surface area contributed by atoms with E-state index in [1.807, 2.05) is 43.3 Å². The minimum atomic E-state index is -0.484. The summed E-state index contributed by atoms with van der Waals surface area (Å²) in [5.41, 5.74) is 7.73. The number of nitrogens with one attached hydrogen (secondary N) is 2. The first kappa shape index (κ1) is 24.7. The first-order chi connectivity index (χ1) is 16.9. The number of nitrogens with zero attached hydrogens (tertiary/aromatic N) is 1. The third kappa shape index (κ3) is 6.18. The molecule has 0 bridgehead atoms. The Morgan fingerprint density at radius 1 is 1.06 bits per heavy atom. The summed E-state index contributed by atoms with van der Waals surface area (Å²) in [5.74, 6) is 0.417. The van der Waals surface area contributed by atoms with Crippen molar-refractivity contribution in [3.8, 4) is 11.5 Å². The van der Waals surface area contributed by atoms with Crippen molar-refractivity contribution in [1.82, 2.24) is 5.43 Å². The number of hydrogen-bond acceptors (Lipinski definition) is 5. The maximum atomic E-state index is 12.8. The van der Waals surface area contributed by atoms with Crippen LogP contribution in [0, 0.1) is 5.92 Å². The van der Waals surface area contributed by atoms with E-state index in [0.29, 0.717) is 34.6 Å². The van der Waals surface area contributed by atoms with Gasteiger partial charge in [0, 0.05) is 34.3 Å². The number of anilines is 2. The van der Waals surface area contributed by atoms with Gasteiger partial charge in [-0.3, -0.25) is 20.4 Å². The molecule has 4 rings (SSSR count). The molecule has 0 aromatic heterocycles. The fourth-order valence-corrected chi connectivity index (χ4v) is 4.21. The molecule has 3 aromatic rings. The lowest BCUT2D eigenvalue weighted by Crippen LogP contribution is -2.36. The van der Waals surface area contributed by atoms with Gasteiger partial charge in [-0.05, 0) is 55.5 Å². The van der Waals surface area contributed by atoms with Crippen LogP contribution in [0.2, 0.25) is 10.0 Å². The Balaban J connectivity index is 1.34. The average Bonchev–Trinajstić information content (AvgIpc) is 3.25. The molecule has 0 unspecified atom stereocenters. The average molecular weight is 514 g/mol. The number of carbonyl (C=O) groups excluding carboxylic acids is 2. The zero-order valence-electron chi connectivity index (χ0n) is 19.1. The first-order valence-corrected chi connectivity index (χ1v) is 11.9. The van der Waals surface area contributed by atoms with Gasteiger partial charge in [-0.15, -0.1) is 0 Å². The number of ether oxygens (including phenoxy) is 2. The van der Waals surface area contributed by atoms with E-state index in [0.717, 1.165) is 17.0 Å². The van der Waals surface area contributed by atoms with Crippen molar-refractivity contribution in [2.75, 3.05) is 23.5 Å². The number of rotatable bonds is 9. The topological polar surface area (TPSA) is 79.9 Å². The van der Waals surface area contributed by atoms with E-state index < -0.39 is 5.92 Å². The van der Waals surface area contributed by atoms with Crippen LogP contribution in [0.1, 0.15) is 18.9 Å². The predicted octanol–water partition coefficient (Wildman–Crippen LogP) is 5.47. The number of carbonyl (C=O) groups is 2. The summed E-state index contributed by atoms with van der Waals surface area (Å²) in [5, 5.41) is 1.06. The molecule has 182 valence electrons. The van der Waals surface area contributed by atoms with E-state index in [1.54, 1.807) is 35.2 Å². The molecule has 7 nitrogen and oxygen atoms in total. The number of benzene rings is 3. The van der Waals surface area contributed by atoms with Crippen molar-refractivity contribution in [2.45, 2.75) is 20.0 Å². The molecule has 2 amide bonds. The second kappa shape index (κ2) is 11.3. The van der Waals surface area contributed by atoms with Crippen LogP contribution in [0.5, 0.6) is 11.5 Å². The maximum Gasteiger partial charge on any atom is 0.243 e. The van der Waals surface area contributed by atoms with Gasteiger partial charge in [0.2, 0.25) is 11.8 Å². The summed E-state index contributed by atoms with van der Waals surface area (Å²) in [6.45, 7) is 3.01. The van der Waals surface area contributed by atoms with Gasteiger partial charge in [0.05, 0.1) is 18.2 Å². The van der Waals surface area contributed by atoms with Crippen LogP contribution in [-0.4, -0.2) is 25.0 Å². The SMILES string of the molecule is CCOc1ccc(N2C[C@@H](C(=O)NNc3ccccc3OCc3ccc(Cl)cc3Cl)CC2=O)cc1. The Morgan fingerprint density at radius 2 is 1.83 bits per heavy atom. The van der Waals surface area contributed by atoms with Crippen molar-refractivity contribution in [3.63, 3.8) is 0 Å². The van der Waals surface area contributed by atoms with Crippen LogP contribution in [0.15, 0.2) is 66.7 Å². The normalized spacial score (nSPS) is 15.1. The summed E-state index contributed by atoms with van der Waals surface area (Å²) in [7, 11) is 0. The van der Waals surface area contributed by atoms with Crippen molar-refractivity contribution in [1.29, 1.82) is 0 Å². The number of amides is 2. The van der Waals surface area contributed by atoms with Gasteiger partial charge in [-0.2, -0.15) is 0 Å². The van der Waals surface area contributed by atoms with E-state index in [2.05, 4.69) is 10.9 Å². The molecule has 1 heterocycles. The molecule has 3 aromatic carbocycles. The lowest BCUT2D eigenvalue weighted by Gasteiger charge is -2.18. The third-order valence-electron chi connectivity index (χ3n) is 5.56. The molecule has 2 N–H and O–H groups in total. The standard InChI is InChI=1S/C26H25Cl2N3O4/c1-2-34-21-11-9-20(10-12-21)31-15-18(13-25(31)32)26(33)30-29-23-5-3-4-6-24(23)35-16-17-7-8-19(27)14-22(17)28/h3-12,14,18,29H,2,13,15-16H2,1H3,(H,30,33)/t18-/m0/s1. The maximum absolute atomic E-state index is 12.8. The van der Waals surface area contributed by atoms with Crippen LogP contribution >= 0.6 is 23.2 Å². The Morgan fingerprint density at radius 3 is 2.57 bits per heavy atom. The zero-order valence-corrected chi connectivity index (χ0v) is 20.6. The Hall–Kier alpha value is -3.42. The molecular formula is C26H25Cl2N3O4. The van der Waals surface area contributed by atoms with E-state index in [-0.39, 0.29) is 24.8 Å². The van der Waals surface area contributed by atoms with Crippen molar-refractivity contribution in [3.05, 3.63) is 82.3 Å². The van der Waals surface area contributed by atoms with Gasteiger partial charge < -0.3 is 14.4 Å². The van der Waals surface area contributed by atoms with Crippen LogP contribution in [0.3, 0.4) is 0 Å². The first-order valence-electron chi connectivity index (χ1n) is 11.2. The predicted molar refractivity (Wildman–Crippen MR) is 137 cm³/mol. The van der Waals surface area contributed by atoms with Crippen molar-refractivity contribution < 1.29 is 19.1 Å². The van der Waals surface area contributed by atoms with E-state index in [4.69, 9.17) is 32.7 Å². The second-order valence-electron chi connectivity index (χ2n) is 7.97. The second-order valence-corrected chi connectivity index (χ2v) is 8.81. The highest BCUT2D eigenvalue weighted by Crippen LogP contribution is 2.29. The van der Waals surface area contributed by atoms with Gasteiger partial charge in [0.1, 0.15) is 18.1 Å². The molecule has 1 atom stereocenters. The van der Waals surface area contributed by atoms with E-state index in [9.17, 15) is 9.59 Å². The fourth-order valence-electron chi connectivity index (χ4n) is 3.74. The largest absolute Gasteiger partial charge is 0.494 e. The number of hydrogen-bond donors (Lipinski definition) is 2. The third-order valence-corrected chi connectivity index (χ3v) is 6.15. The lowest BCUT2D eigenvalue weighted by atomic mass is 10.1. The minimum Gasteiger partial charge on any atom is -0.494 e. The lowest BCUT2D eigenvalue weighted by molar-refractivity contribution is -0.125. The molecular weight excluding hydrogens is 489 g/mol. The summed E-state index contributed by atoms with van der Waals surface area (Å²) < 4.78 is 11.4. The smallest absolute Gasteiger partial charge is 0.243 e. The van der Waals surface area contributed by atoms with Crippen LogP contribution < -0.4 is 25.2 Å². The molecule has 1 saturated heterocycles. The molecule has 0 saturated carbocycles. The molecule has 1 aliphatic rings. The summed E-state index contributed by atoms with van der Waals surface area (Å²) >= 11 is 12.2. The number of hydrazine groups is 1. The van der Waals surface area contributed by atoms with Crippen molar-refractivity contribution in [2.24, 2.45) is 5.92 Å². The minimum absolute atomic E-state index is 0.0992. The molecule has 1 aliphatic heterocycles.